The van der Waals surface area contributed by atoms with Gasteiger partial charge in [-0.1, -0.05) is 0 Å². The molecule has 3 nitrogen and oxygen atoms in total. The number of hydrogen-bond donors (Lipinski definition) is 0. The standard InChI is InChI=1S/C5H7NO2S2.Na/c1-4-6-5(2-9-4)3-10(7)8;/h2H,3H2,1H3,(H,7,8);/q;+1/p-1. The van der Waals surface area contributed by atoms with E-state index in [0.29, 0.717) is 5.69 Å². The zero-order valence-corrected chi connectivity index (χ0v) is 10.00. The molecule has 0 saturated carbocycles. The molecule has 0 N–H and O–H groups in total. The van der Waals surface area contributed by atoms with Crippen LogP contribution in [-0.2, 0) is 16.8 Å². The Morgan fingerprint density at radius 1 is 1.82 bits per heavy atom. The fourth-order valence-corrected chi connectivity index (χ4v) is 1.70. The first-order chi connectivity index (χ1) is 4.68. The fraction of sp³-hybridized carbons (Fsp3) is 0.400. The van der Waals surface area contributed by atoms with Gasteiger partial charge in [-0.3, -0.25) is 4.21 Å². The molecule has 1 rings (SSSR count). The summed E-state index contributed by atoms with van der Waals surface area (Å²) < 4.78 is 20.3. The van der Waals surface area contributed by atoms with Gasteiger partial charge in [0.25, 0.3) is 0 Å². The van der Waals surface area contributed by atoms with Crippen molar-refractivity contribution in [3.63, 3.8) is 0 Å². The average molecular weight is 199 g/mol. The van der Waals surface area contributed by atoms with Crippen molar-refractivity contribution in [2.45, 2.75) is 12.7 Å². The number of nitrogens with zero attached hydrogens (tertiary/aromatic N) is 1. The van der Waals surface area contributed by atoms with Crippen LogP contribution in [0.25, 0.3) is 0 Å². The molecule has 0 aliphatic carbocycles. The normalized spacial score (nSPS) is 12.2. The van der Waals surface area contributed by atoms with E-state index < -0.39 is 11.1 Å². The number of rotatable bonds is 2. The quantitative estimate of drug-likeness (QED) is 0.402. The molecule has 1 heterocycles. The summed E-state index contributed by atoms with van der Waals surface area (Å²) in [6, 6.07) is 0. The van der Waals surface area contributed by atoms with Crippen LogP contribution < -0.4 is 29.6 Å². The number of aryl methyl sites for hydroxylation is 1. The van der Waals surface area contributed by atoms with E-state index in [-0.39, 0.29) is 35.3 Å². The molecule has 1 aromatic rings. The molecule has 0 aliphatic heterocycles. The van der Waals surface area contributed by atoms with E-state index >= 15 is 0 Å². The third-order valence-corrected chi connectivity index (χ3v) is 2.29. The molecular weight excluding hydrogens is 193 g/mol. The van der Waals surface area contributed by atoms with E-state index in [9.17, 15) is 8.76 Å². The number of hydrogen-bond acceptors (Lipinski definition) is 4. The number of aromatic nitrogens is 1. The van der Waals surface area contributed by atoms with Crippen LogP contribution in [0.15, 0.2) is 5.38 Å². The molecule has 0 spiro atoms. The second-order valence-corrected chi connectivity index (χ2v) is 3.76. The van der Waals surface area contributed by atoms with Gasteiger partial charge >= 0.3 is 29.6 Å². The Hall–Kier alpha value is 0.740. The summed E-state index contributed by atoms with van der Waals surface area (Å²) in [6.45, 7) is 1.85. The molecular formula is C5H6NNaO2S2. The van der Waals surface area contributed by atoms with Crippen molar-refractivity contribution in [1.29, 1.82) is 0 Å². The zero-order valence-electron chi connectivity index (χ0n) is 6.36. The van der Waals surface area contributed by atoms with Gasteiger partial charge in [0.2, 0.25) is 0 Å². The second kappa shape index (κ2) is 5.40. The summed E-state index contributed by atoms with van der Waals surface area (Å²) in [5, 5.41) is 2.66. The molecule has 11 heavy (non-hydrogen) atoms. The van der Waals surface area contributed by atoms with Gasteiger partial charge in [-0.05, 0) is 18.0 Å². The summed E-state index contributed by atoms with van der Waals surface area (Å²) in [7, 11) is 0. The molecule has 0 fully saturated rings. The van der Waals surface area contributed by atoms with Gasteiger partial charge in [0.1, 0.15) is 0 Å². The smallest absolute Gasteiger partial charge is 0.772 e. The van der Waals surface area contributed by atoms with Crippen molar-refractivity contribution in [1.82, 2.24) is 4.98 Å². The van der Waals surface area contributed by atoms with Crippen LogP contribution in [0.1, 0.15) is 10.7 Å². The largest absolute Gasteiger partial charge is 1.00 e. The van der Waals surface area contributed by atoms with Crippen molar-refractivity contribution < 1.29 is 38.3 Å². The predicted octanol–water partition coefficient (Wildman–Crippen LogP) is -2.17. The maximum atomic E-state index is 10.1. The van der Waals surface area contributed by atoms with Gasteiger partial charge in [-0.25, -0.2) is 4.98 Å². The van der Waals surface area contributed by atoms with Gasteiger partial charge in [-0.15, -0.1) is 11.3 Å². The monoisotopic (exact) mass is 199 g/mol. The van der Waals surface area contributed by atoms with E-state index in [2.05, 4.69) is 4.98 Å². The Labute approximate surface area is 93.8 Å². The van der Waals surface area contributed by atoms with E-state index in [1.807, 2.05) is 6.92 Å². The predicted molar refractivity (Wildman–Crippen MR) is 39.5 cm³/mol. The Balaban J connectivity index is 0.000001000. The maximum Gasteiger partial charge on any atom is 1.00 e. The summed E-state index contributed by atoms with van der Waals surface area (Å²) in [5.74, 6) is 0.0321. The third-order valence-electron chi connectivity index (χ3n) is 0.932. The van der Waals surface area contributed by atoms with Gasteiger partial charge in [0.05, 0.1) is 16.5 Å². The van der Waals surface area contributed by atoms with Crippen LogP contribution in [0.2, 0.25) is 0 Å². The first-order valence-corrected chi connectivity index (χ1v) is 4.77. The van der Waals surface area contributed by atoms with E-state index in [1.165, 1.54) is 11.3 Å². The second-order valence-electron chi connectivity index (χ2n) is 1.81. The summed E-state index contributed by atoms with van der Waals surface area (Å²) in [4.78, 5) is 3.98. The minimum atomic E-state index is -2.01. The molecule has 0 bridgehead atoms. The third kappa shape index (κ3) is 4.35. The molecule has 1 atom stereocenters. The Morgan fingerprint density at radius 2 is 2.45 bits per heavy atom. The van der Waals surface area contributed by atoms with Crippen LogP contribution in [0, 0.1) is 6.92 Å². The van der Waals surface area contributed by atoms with Gasteiger partial charge in [0, 0.05) is 5.38 Å². The molecule has 1 aromatic heterocycles. The van der Waals surface area contributed by atoms with Gasteiger partial charge < -0.3 is 4.55 Å². The zero-order chi connectivity index (χ0) is 7.56. The van der Waals surface area contributed by atoms with E-state index in [0.717, 1.165) is 5.01 Å². The molecule has 56 valence electrons. The van der Waals surface area contributed by atoms with E-state index in [1.54, 1.807) is 5.38 Å². The molecule has 6 heteroatoms. The van der Waals surface area contributed by atoms with Crippen LogP contribution in [0.4, 0.5) is 0 Å². The van der Waals surface area contributed by atoms with Crippen molar-refractivity contribution in [3.05, 3.63) is 16.1 Å². The molecule has 0 aromatic carbocycles. The first kappa shape index (κ1) is 11.7. The topological polar surface area (TPSA) is 53.0 Å². The molecule has 0 radical (unpaired) electrons. The Morgan fingerprint density at radius 3 is 2.82 bits per heavy atom. The Bertz CT molecular complexity index is 250. The summed E-state index contributed by atoms with van der Waals surface area (Å²) >= 11 is -0.547. The van der Waals surface area contributed by atoms with Crippen LogP contribution >= 0.6 is 11.3 Å². The van der Waals surface area contributed by atoms with E-state index in [4.69, 9.17) is 0 Å². The van der Waals surface area contributed by atoms with Crippen molar-refractivity contribution in [2.24, 2.45) is 0 Å². The molecule has 0 amide bonds. The first-order valence-electron chi connectivity index (χ1n) is 2.65. The van der Waals surface area contributed by atoms with Crippen LogP contribution in [0.3, 0.4) is 0 Å². The van der Waals surface area contributed by atoms with Gasteiger partial charge in [-0.2, -0.15) is 0 Å². The van der Waals surface area contributed by atoms with Crippen molar-refractivity contribution >= 4 is 22.4 Å². The van der Waals surface area contributed by atoms with Crippen LogP contribution in [0.5, 0.6) is 0 Å². The minimum absolute atomic E-state index is 0. The number of thiazole rings is 1. The van der Waals surface area contributed by atoms with Crippen molar-refractivity contribution in [3.8, 4) is 0 Å². The van der Waals surface area contributed by atoms with Crippen LogP contribution in [-0.4, -0.2) is 13.7 Å². The average Bonchev–Trinajstić information content (AvgIpc) is 2.13. The summed E-state index contributed by atoms with van der Waals surface area (Å²) in [6.07, 6.45) is 0. The Kier molecular flexibility index (Phi) is 5.76. The molecule has 0 aliphatic rings. The fourth-order valence-electron chi connectivity index (χ4n) is 0.595. The SMILES string of the molecule is Cc1nc(CS(=O)[O-])cs1.[Na+]. The molecule has 1 unspecified atom stereocenters. The van der Waals surface area contributed by atoms with Gasteiger partial charge in [0.15, 0.2) is 0 Å². The molecule has 0 saturated heterocycles. The summed E-state index contributed by atoms with van der Waals surface area (Å²) in [5.41, 5.74) is 0.635. The maximum absolute atomic E-state index is 10.1. The minimum Gasteiger partial charge on any atom is -0.772 e. The van der Waals surface area contributed by atoms with Crippen molar-refractivity contribution in [2.75, 3.05) is 0 Å².